The molecule has 0 fully saturated rings. The molecule has 0 radical (unpaired) electrons. The molecule has 0 unspecified atom stereocenters. The Balaban J connectivity index is 1.76. The first-order valence-electron chi connectivity index (χ1n) is 8.67. The van der Waals surface area contributed by atoms with Gasteiger partial charge < -0.3 is 5.32 Å². The molecule has 1 amide bonds. The van der Waals surface area contributed by atoms with Crippen molar-refractivity contribution in [2.45, 2.75) is 32.3 Å². The molecule has 0 saturated heterocycles. The highest BCUT2D eigenvalue weighted by Crippen LogP contribution is 2.36. The van der Waals surface area contributed by atoms with Crippen LogP contribution >= 0.6 is 11.8 Å². The van der Waals surface area contributed by atoms with E-state index in [2.05, 4.69) is 24.4 Å². The number of nitrogens with zero attached hydrogens (tertiary/aromatic N) is 2. The predicted molar refractivity (Wildman–Crippen MR) is 107 cm³/mol. The number of anilines is 1. The van der Waals surface area contributed by atoms with Crippen LogP contribution in [0.1, 0.15) is 38.3 Å². The number of para-hydroxylation sites is 1. The second-order valence-corrected chi connectivity index (χ2v) is 7.73. The maximum absolute atomic E-state index is 13.1. The number of carbonyl (C=O) groups is 1. The minimum atomic E-state index is -0.0724. The summed E-state index contributed by atoms with van der Waals surface area (Å²) in [6, 6.07) is 14.1. The number of nitrogens with one attached hydrogen (secondary N) is 1. The van der Waals surface area contributed by atoms with Crippen molar-refractivity contribution in [2.24, 2.45) is 0 Å². The van der Waals surface area contributed by atoms with Crippen molar-refractivity contribution in [1.29, 1.82) is 0 Å². The largest absolute Gasteiger partial charge is 0.306 e. The Bertz CT molecular complexity index is 969. The number of aryl methyl sites for hydroxylation is 3. The average Bonchev–Trinajstić information content (AvgIpc) is 3.17. The molecule has 2 aromatic carbocycles. The van der Waals surface area contributed by atoms with Gasteiger partial charge in [-0.25, -0.2) is 4.68 Å². The third kappa shape index (κ3) is 2.92. The van der Waals surface area contributed by atoms with Crippen molar-refractivity contribution < 1.29 is 4.79 Å². The predicted octanol–water partition coefficient (Wildman–Crippen LogP) is 4.80. The van der Waals surface area contributed by atoms with Crippen LogP contribution in [0.3, 0.4) is 0 Å². The molecule has 5 heteroatoms. The fourth-order valence-corrected chi connectivity index (χ4v) is 4.64. The molecule has 4 rings (SSSR count). The van der Waals surface area contributed by atoms with E-state index in [1.807, 2.05) is 60.6 Å². The van der Waals surface area contributed by atoms with Gasteiger partial charge in [0.25, 0.3) is 5.91 Å². The molecule has 2 heterocycles. The molecule has 0 spiro atoms. The molecule has 132 valence electrons. The van der Waals surface area contributed by atoms with Crippen molar-refractivity contribution in [1.82, 2.24) is 9.78 Å². The van der Waals surface area contributed by atoms with Gasteiger partial charge in [-0.05, 0) is 44.0 Å². The molecule has 0 bridgehead atoms. The van der Waals surface area contributed by atoms with Crippen LogP contribution in [-0.2, 0) is 11.5 Å². The first kappa shape index (κ1) is 16.9. The lowest BCUT2D eigenvalue weighted by molar-refractivity contribution is 0.102. The Morgan fingerprint density at radius 2 is 1.77 bits per heavy atom. The van der Waals surface area contributed by atoms with Crippen LogP contribution in [0, 0.1) is 20.8 Å². The minimum absolute atomic E-state index is 0.0724. The number of amides is 1. The van der Waals surface area contributed by atoms with E-state index in [4.69, 9.17) is 5.10 Å². The zero-order valence-electron chi connectivity index (χ0n) is 15.2. The number of thioether (sulfide) groups is 1. The molecule has 1 aliphatic heterocycles. The number of benzene rings is 2. The van der Waals surface area contributed by atoms with E-state index in [1.54, 1.807) is 0 Å². The SMILES string of the molecule is Cc1cc(C)c(C(=O)Nc2c3c(nn2-c2ccccc2)CSC3)c(C)c1. The van der Waals surface area contributed by atoms with Gasteiger partial charge in [-0.3, -0.25) is 4.79 Å². The third-order valence-electron chi connectivity index (χ3n) is 4.69. The third-order valence-corrected chi connectivity index (χ3v) is 5.66. The molecule has 0 saturated carbocycles. The molecular weight excluding hydrogens is 342 g/mol. The van der Waals surface area contributed by atoms with Crippen LogP contribution in [0.4, 0.5) is 5.82 Å². The summed E-state index contributed by atoms with van der Waals surface area (Å²) in [5.74, 6) is 2.49. The van der Waals surface area contributed by atoms with Gasteiger partial charge >= 0.3 is 0 Å². The molecule has 0 aliphatic carbocycles. The van der Waals surface area contributed by atoms with Crippen LogP contribution in [0.5, 0.6) is 0 Å². The van der Waals surface area contributed by atoms with E-state index in [0.29, 0.717) is 0 Å². The highest BCUT2D eigenvalue weighted by Gasteiger charge is 2.25. The zero-order chi connectivity index (χ0) is 18.3. The van der Waals surface area contributed by atoms with Gasteiger partial charge in [0, 0.05) is 22.6 Å². The van der Waals surface area contributed by atoms with Gasteiger partial charge in [-0.2, -0.15) is 16.9 Å². The molecule has 0 atom stereocenters. The Labute approximate surface area is 157 Å². The van der Waals surface area contributed by atoms with E-state index < -0.39 is 0 Å². The molecule has 1 aromatic heterocycles. The monoisotopic (exact) mass is 363 g/mol. The number of carbonyl (C=O) groups excluding carboxylic acids is 1. The van der Waals surface area contributed by atoms with E-state index in [0.717, 1.165) is 51.0 Å². The zero-order valence-corrected chi connectivity index (χ0v) is 16.0. The number of rotatable bonds is 3. The molecular formula is C21H21N3OS. The maximum atomic E-state index is 13.1. The summed E-state index contributed by atoms with van der Waals surface area (Å²) in [7, 11) is 0. The van der Waals surface area contributed by atoms with Crippen LogP contribution in [0.25, 0.3) is 5.69 Å². The first-order chi connectivity index (χ1) is 12.5. The minimum Gasteiger partial charge on any atom is -0.306 e. The van der Waals surface area contributed by atoms with Crippen LogP contribution in [-0.4, -0.2) is 15.7 Å². The Morgan fingerprint density at radius 1 is 1.08 bits per heavy atom. The van der Waals surface area contributed by atoms with Crippen molar-refractivity contribution >= 4 is 23.5 Å². The van der Waals surface area contributed by atoms with E-state index in [-0.39, 0.29) is 5.91 Å². The molecule has 3 aromatic rings. The summed E-state index contributed by atoms with van der Waals surface area (Å²) >= 11 is 1.83. The Kier molecular flexibility index (Phi) is 4.32. The van der Waals surface area contributed by atoms with Crippen molar-refractivity contribution in [3.63, 3.8) is 0 Å². The molecule has 26 heavy (non-hydrogen) atoms. The highest BCUT2D eigenvalue weighted by atomic mass is 32.2. The summed E-state index contributed by atoms with van der Waals surface area (Å²) in [5.41, 5.74) is 7.06. The lowest BCUT2D eigenvalue weighted by Gasteiger charge is -2.14. The van der Waals surface area contributed by atoms with E-state index >= 15 is 0 Å². The van der Waals surface area contributed by atoms with E-state index in [1.165, 1.54) is 5.56 Å². The van der Waals surface area contributed by atoms with E-state index in [9.17, 15) is 4.79 Å². The summed E-state index contributed by atoms with van der Waals surface area (Å²) < 4.78 is 1.86. The summed E-state index contributed by atoms with van der Waals surface area (Å²) in [6.45, 7) is 6.03. The van der Waals surface area contributed by atoms with Crippen molar-refractivity contribution in [2.75, 3.05) is 5.32 Å². The van der Waals surface area contributed by atoms with Crippen LogP contribution in [0.2, 0.25) is 0 Å². The Morgan fingerprint density at radius 3 is 2.46 bits per heavy atom. The molecule has 4 nitrogen and oxygen atoms in total. The second-order valence-electron chi connectivity index (χ2n) is 6.74. The normalized spacial score (nSPS) is 12.9. The standard InChI is InChI=1S/C21H21N3OS/c1-13-9-14(2)19(15(3)10-13)21(25)22-20-17-11-26-12-18(17)23-24(20)16-7-5-4-6-8-16/h4-10H,11-12H2,1-3H3,(H,22,25). The molecule has 1 N–H and O–H groups in total. The molecule has 1 aliphatic rings. The topological polar surface area (TPSA) is 46.9 Å². The van der Waals surface area contributed by atoms with Gasteiger partial charge in [0.05, 0.1) is 11.4 Å². The smallest absolute Gasteiger partial charge is 0.257 e. The van der Waals surface area contributed by atoms with Gasteiger partial charge in [0.2, 0.25) is 0 Å². The fourth-order valence-electron chi connectivity index (χ4n) is 3.61. The Hall–Kier alpha value is -2.53. The maximum Gasteiger partial charge on any atom is 0.257 e. The average molecular weight is 363 g/mol. The van der Waals surface area contributed by atoms with Gasteiger partial charge in [-0.1, -0.05) is 35.9 Å². The van der Waals surface area contributed by atoms with Gasteiger partial charge in [-0.15, -0.1) is 0 Å². The number of aromatic nitrogens is 2. The summed E-state index contributed by atoms with van der Waals surface area (Å²) in [5, 5.41) is 7.90. The number of fused-ring (bicyclic) bond motifs is 1. The lowest BCUT2D eigenvalue weighted by atomic mass is 9.99. The first-order valence-corrected chi connectivity index (χ1v) is 9.83. The van der Waals surface area contributed by atoms with Gasteiger partial charge in [0.15, 0.2) is 0 Å². The van der Waals surface area contributed by atoms with Crippen LogP contribution in [0.15, 0.2) is 42.5 Å². The number of hydrogen-bond acceptors (Lipinski definition) is 3. The number of hydrogen-bond donors (Lipinski definition) is 1. The van der Waals surface area contributed by atoms with Gasteiger partial charge in [0.1, 0.15) is 5.82 Å². The van der Waals surface area contributed by atoms with Crippen molar-refractivity contribution in [3.05, 3.63) is 76.0 Å². The fraction of sp³-hybridized carbons (Fsp3) is 0.238. The second kappa shape index (κ2) is 6.65. The summed E-state index contributed by atoms with van der Waals surface area (Å²) in [6.07, 6.45) is 0. The van der Waals surface area contributed by atoms with Crippen molar-refractivity contribution in [3.8, 4) is 5.69 Å². The lowest BCUT2D eigenvalue weighted by Crippen LogP contribution is -2.18. The van der Waals surface area contributed by atoms with Crippen LogP contribution < -0.4 is 5.32 Å². The highest BCUT2D eigenvalue weighted by molar-refractivity contribution is 7.98. The summed E-state index contributed by atoms with van der Waals surface area (Å²) in [4.78, 5) is 13.1. The quantitative estimate of drug-likeness (QED) is 0.727.